The second kappa shape index (κ2) is 7.05. The Morgan fingerprint density at radius 2 is 1.65 bits per heavy atom. The van der Waals surface area contributed by atoms with Crippen LogP contribution in [0.25, 0.3) is 38.8 Å². The third-order valence-corrected chi connectivity index (χ3v) is 5.00. The van der Waals surface area contributed by atoms with Crippen molar-refractivity contribution in [3.63, 3.8) is 0 Å². The Bertz CT molecular complexity index is 1470. The van der Waals surface area contributed by atoms with Crippen LogP contribution < -0.4 is 5.56 Å². The van der Waals surface area contributed by atoms with Gasteiger partial charge < -0.3 is 0 Å². The first-order valence-corrected chi connectivity index (χ1v) is 9.36. The Labute approximate surface area is 173 Å². The minimum Gasteiger partial charge on any atom is -0.298 e. The summed E-state index contributed by atoms with van der Waals surface area (Å²) in [5, 5.41) is 4.90. The molecule has 0 amide bonds. The quantitative estimate of drug-likeness (QED) is 0.434. The van der Waals surface area contributed by atoms with E-state index >= 15 is 0 Å². The highest BCUT2D eigenvalue weighted by Gasteiger charge is 2.30. The van der Waals surface area contributed by atoms with Gasteiger partial charge in [0, 0.05) is 10.9 Å². The van der Waals surface area contributed by atoms with Crippen LogP contribution in [0.4, 0.5) is 13.2 Å². The standard InChI is InChI=1S/C22H14F3N5O/c23-22(24,25)12-29-17-9-5-4-8-15(17)20-16(21(29)31)10-28-30(20)18-11-26-13-27-19(18)14-6-2-1-3-7-14/h1-11,13H,12H2. The molecule has 3 aromatic heterocycles. The van der Waals surface area contributed by atoms with Crippen molar-refractivity contribution in [2.45, 2.75) is 12.7 Å². The summed E-state index contributed by atoms with van der Waals surface area (Å²) in [5.74, 6) is 0. The molecule has 0 spiro atoms. The largest absolute Gasteiger partial charge is 0.406 e. The number of benzene rings is 2. The van der Waals surface area contributed by atoms with Gasteiger partial charge in [0.25, 0.3) is 5.56 Å². The molecule has 0 atom stereocenters. The zero-order valence-electron chi connectivity index (χ0n) is 15.9. The normalized spacial score (nSPS) is 12.0. The Balaban J connectivity index is 1.85. The predicted molar refractivity (Wildman–Crippen MR) is 110 cm³/mol. The van der Waals surface area contributed by atoms with E-state index < -0.39 is 18.3 Å². The van der Waals surface area contributed by atoms with Crippen LogP contribution in [0.3, 0.4) is 0 Å². The molecule has 2 aromatic carbocycles. The van der Waals surface area contributed by atoms with E-state index in [-0.39, 0.29) is 10.9 Å². The first kappa shape index (κ1) is 19.0. The van der Waals surface area contributed by atoms with E-state index in [9.17, 15) is 18.0 Å². The van der Waals surface area contributed by atoms with Gasteiger partial charge in [-0.15, -0.1) is 0 Å². The van der Waals surface area contributed by atoms with Gasteiger partial charge in [-0.3, -0.25) is 9.36 Å². The summed E-state index contributed by atoms with van der Waals surface area (Å²) < 4.78 is 41.7. The van der Waals surface area contributed by atoms with Gasteiger partial charge in [0.05, 0.1) is 34.5 Å². The van der Waals surface area contributed by atoms with Crippen LogP contribution in [0.15, 0.2) is 78.1 Å². The number of fused-ring (bicyclic) bond motifs is 3. The number of hydrogen-bond acceptors (Lipinski definition) is 4. The van der Waals surface area contributed by atoms with Crippen LogP contribution in [0.1, 0.15) is 0 Å². The maximum Gasteiger partial charge on any atom is 0.406 e. The van der Waals surface area contributed by atoms with E-state index in [1.54, 1.807) is 24.4 Å². The molecule has 0 aliphatic rings. The SMILES string of the molecule is O=c1c2cnn(-c3cncnc3-c3ccccc3)c2c2ccccc2n1CC(F)(F)F. The third-order valence-electron chi connectivity index (χ3n) is 5.00. The van der Waals surface area contributed by atoms with E-state index in [0.717, 1.165) is 10.1 Å². The molecule has 0 fully saturated rings. The summed E-state index contributed by atoms with van der Waals surface area (Å²) in [4.78, 5) is 21.5. The first-order chi connectivity index (χ1) is 14.9. The monoisotopic (exact) mass is 421 g/mol. The molecule has 0 saturated heterocycles. The molecule has 5 aromatic rings. The van der Waals surface area contributed by atoms with Gasteiger partial charge in [-0.2, -0.15) is 18.3 Å². The number of rotatable bonds is 3. The second-order valence-corrected chi connectivity index (χ2v) is 6.96. The van der Waals surface area contributed by atoms with Crippen LogP contribution in [0.2, 0.25) is 0 Å². The molecule has 9 heteroatoms. The fourth-order valence-electron chi connectivity index (χ4n) is 3.74. The molecule has 154 valence electrons. The van der Waals surface area contributed by atoms with Gasteiger partial charge in [-0.1, -0.05) is 48.5 Å². The van der Waals surface area contributed by atoms with Crippen molar-refractivity contribution in [3.05, 3.63) is 83.7 Å². The van der Waals surface area contributed by atoms with Crippen LogP contribution in [0.5, 0.6) is 0 Å². The molecule has 0 aliphatic heterocycles. The van der Waals surface area contributed by atoms with E-state index in [4.69, 9.17) is 0 Å². The number of para-hydroxylation sites is 1. The van der Waals surface area contributed by atoms with Gasteiger partial charge in [0.2, 0.25) is 0 Å². The molecular formula is C22H14F3N5O. The minimum atomic E-state index is -4.54. The van der Waals surface area contributed by atoms with Gasteiger partial charge in [-0.05, 0) is 6.07 Å². The average Bonchev–Trinajstić information content (AvgIpc) is 3.22. The summed E-state index contributed by atoms with van der Waals surface area (Å²) in [6, 6.07) is 15.9. The van der Waals surface area contributed by atoms with Crippen molar-refractivity contribution in [1.82, 2.24) is 24.3 Å². The van der Waals surface area contributed by atoms with Crippen molar-refractivity contribution in [2.75, 3.05) is 0 Å². The van der Waals surface area contributed by atoms with Crippen molar-refractivity contribution < 1.29 is 13.2 Å². The molecule has 0 aliphatic carbocycles. The molecular weight excluding hydrogens is 407 g/mol. The van der Waals surface area contributed by atoms with Crippen LogP contribution in [0, 0.1) is 0 Å². The zero-order valence-corrected chi connectivity index (χ0v) is 15.9. The summed E-state index contributed by atoms with van der Waals surface area (Å²) in [6.45, 7) is -1.38. The maximum atomic E-state index is 13.2. The minimum absolute atomic E-state index is 0.0887. The van der Waals surface area contributed by atoms with Crippen LogP contribution >= 0.6 is 0 Å². The highest BCUT2D eigenvalue weighted by Crippen LogP contribution is 2.30. The number of nitrogens with zero attached hydrogens (tertiary/aromatic N) is 5. The lowest BCUT2D eigenvalue weighted by Gasteiger charge is -2.15. The smallest absolute Gasteiger partial charge is 0.298 e. The lowest BCUT2D eigenvalue weighted by atomic mass is 10.1. The molecule has 0 N–H and O–H groups in total. The summed E-state index contributed by atoms with van der Waals surface area (Å²) >= 11 is 0. The van der Waals surface area contributed by atoms with E-state index in [2.05, 4.69) is 15.1 Å². The fraction of sp³-hybridized carbons (Fsp3) is 0.0909. The molecule has 5 rings (SSSR count). The summed E-state index contributed by atoms with van der Waals surface area (Å²) in [6.07, 6.45) is -0.271. The second-order valence-electron chi connectivity index (χ2n) is 6.96. The molecule has 6 nitrogen and oxygen atoms in total. The highest BCUT2D eigenvalue weighted by atomic mass is 19.4. The molecule has 31 heavy (non-hydrogen) atoms. The molecule has 0 saturated carbocycles. The van der Waals surface area contributed by atoms with Gasteiger partial charge >= 0.3 is 6.18 Å². The van der Waals surface area contributed by atoms with Gasteiger partial charge in [0.1, 0.15) is 18.6 Å². The molecule has 0 bridgehead atoms. The summed E-state index contributed by atoms with van der Waals surface area (Å²) in [5.41, 5.74) is 1.75. The first-order valence-electron chi connectivity index (χ1n) is 9.36. The van der Waals surface area contributed by atoms with E-state index in [0.29, 0.717) is 22.3 Å². The zero-order chi connectivity index (χ0) is 21.6. The molecule has 0 radical (unpaired) electrons. The number of pyridine rings is 1. The Kier molecular flexibility index (Phi) is 4.32. The van der Waals surface area contributed by atoms with Crippen LogP contribution in [-0.4, -0.2) is 30.5 Å². The number of halogens is 3. The summed E-state index contributed by atoms with van der Waals surface area (Å²) in [7, 11) is 0. The number of aromatic nitrogens is 5. The lowest BCUT2D eigenvalue weighted by molar-refractivity contribution is -0.140. The Hall–Kier alpha value is -4.01. The van der Waals surface area contributed by atoms with E-state index in [1.165, 1.54) is 23.3 Å². The van der Waals surface area contributed by atoms with Crippen molar-refractivity contribution in [2.24, 2.45) is 0 Å². The number of alkyl halides is 3. The highest BCUT2D eigenvalue weighted by molar-refractivity contribution is 6.04. The number of hydrogen-bond donors (Lipinski definition) is 0. The average molecular weight is 421 g/mol. The van der Waals surface area contributed by atoms with Gasteiger partial charge in [-0.25, -0.2) is 14.6 Å². The van der Waals surface area contributed by atoms with Crippen molar-refractivity contribution in [1.29, 1.82) is 0 Å². The topological polar surface area (TPSA) is 65.6 Å². The third kappa shape index (κ3) is 3.24. The van der Waals surface area contributed by atoms with E-state index in [1.807, 2.05) is 30.3 Å². The molecule has 0 unspecified atom stereocenters. The Morgan fingerprint density at radius 1 is 0.903 bits per heavy atom. The van der Waals surface area contributed by atoms with Crippen molar-refractivity contribution >= 4 is 21.8 Å². The van der Waals surface area contributed by atoms with Gasteiger partial charge in [0.15, 0.2) is 0 Å². The molecule has 3 heterocycles. The maximum absolute atomic E-state index is 13.2. The fourth-order valence-corrected chi connectivity index (χ4v) is 3.74. The lowest BCUT2D eigenvalue weighted by Crippen LogP contribution is -2.28. The van der Waals surface area contributed by atoms with Crippen LogP contribution in [-0.2, 0) is 6.54 Å². The Morgan fingerprint density at radius 3 is 2.42 bits per heavy atom. The van der Waals surface area contributed by atoms with Crippen molar-refractivity contribution in [3.8, 4) is 16.9 Å². The predicted octanol–water partition coefficient (Wildman–Crippen LogP) is 4.36.